The molecule has 0 N–H and O–H groups in total. The predicted molar refractivity (Wildman–Crippen MR) is 126 cm³/mol. The van der Waals surface area contributed by atoms with Crippen molar-refractivity contribution in [3.05, 3.63) is 71.9 Å². The van der Waals surface area contributed by atoms with Crippen molar-refractivity contribution in [1.29, 1.82) is 0 Å². The highest BCUT2D eigenvalue weighted by Gasteiger charge is 2.24. The average molecular weight is 443 g/mol. The van der Waals surface area contributed by atoms with E-state index in [0.29, 0.717) is 44.1 Å². The molecule has 1 aliphatic heterocycles. The van der Waals surface area contributed by atoms with Gasteiger partial charge in [-0.15, -0.1) is 0 Å². The smallest absolute Gasteiger partial charge is 0.255 e. The van der Waals surface area contributed by atoms with Crippen LogP contribution in [0.25, 0.3) is 22.3 Å². The third kappa shape index (κ3) is 3.91. The SMILES string of the molecule is CCN(Cc1cccc2c1OCCO2)C(=O)c1cc(-c2ccccc2)nc2c1cnn2CC. The van der Waals surface area contributed by atoms with Gasteiger partial charge in [0, 0.05) is 30.8 Å². The van der Waals surface area contributed by atoms with Crippen molar-refractivity contribution in [2.45, 2.75) is 26.9 Å². The van der Waals surface area contributed by atoms with Gasteiger partial charge in [-0.3, -0.25) is 4.79 Å². The van der Waals surface area contributed by atoms with Gasteiger partial charge in [0.1, 0.15) is 13.2 Å². The summed E-state index contributed by atoms with van der Waals surface area (Å²) in [5.74, 6) is 1.38. The molecule has 3 heterocycles. The van der Waals surface area contributed by atoms with E-state index in [1.807, 2.05) is 78.0 Å². The molecule has 0 fully saturated rings. The van der Waals surface area contributed by atoms with Crippen LogP contribution in [-0.4, -0.2) is 45.3 Å². The highest BCUT2D eigenvalue weighted by atomic mass is 16.6. The number of rotatable bonds is 6. The molecule has 7 nitrogen and oxygen atoms in total. The van der Waals surface area contributed by atoms with Gasteiger partial charge in [0.05, 0.1) is 22.8 Å². The van der Waals surface area contributed by atoms with E-state index in [2.05, 4.69) is 5.10 Å². The van der Waals surface area contributed by atoms with Gasteiger partial charge in [0.2, 0.25) is 0 Å². The summed E-state index contributed by atoms with van der Waals surface area (Å²) in [6.45, 7) is 6.69. The number of carbonyl (C=O) groups excluding carboxylic acids is 1. The van der Waals surface area contributed by atoms with Crippen LogP contribution in [0.4, 0.5) is 0 Å². The largest absolute Gasteiger partial charge is 0.486 e. The third-order valence-corrected chi connectivity index (χ3v) is 5.89. The summed E-state index contributed by atoms with van der Waals surface area (Å²) in [7, 11) is 0. The number of carbonyl (C=O) groups is 1. The molecule has 2 aromatic carbocycles. The molecule has 0 aliphatic carbocycles. The Morgan fingerprint density at radius 1 is 1.06 bits per heavy atom. The molecule has 2 aromatic heterocycles. The van der Waals surface area contributed by atoms with Gasteiger partial charge in [-0.05, 0) is 26.0 Å². The maximum atomic E-state index is 13.8. The Labute approximate surface area is 192 Å². The van der Waals surface area contributed by atoms with Gasteiger partial charge in [-0.2, -0.15) is 5.10 Å². The van der Waals surface area contributed by atoms with Crippen LogP contribution < -0.4 is 9.47 Å². The zero-order chi connectivity index (χ0) is 22.8. The second-order valence-corrected chi connectivity index (χ2v) is 7.88. The molecule has 0 spiro atoms. The Hall–Kier alpha value is -3.87. The molecule has 0 radical (unpaired) electrons. The molecule has 0 unspecified atom stereocenters. The number of hydrogen-bond acceptors (Lipinski definition) is 5. The van der Waals surface area contributed by atoms with E-state index >= 15 is 0 Å². The van der Waals surface area contributed by atoms with Crippen molar-refractivity contribution in [3.8, 4) is 22.8 Å². The highest BCUT2D eigenvalue weighted by Crippen LogP contribution is 2.35. The number of amides is 1. The summed E-state index contributed by atoms with van der Waals surface area (Å²) in [6.07, 6.45) is 1.74. The number of ether oxygens (including phenoxy) is 2. The van der Waals surface area contributed by atoms with Crippen molar-refractivity contribution >= 4 is 16.9 Å². The number of aryl methyl sites for hydroxylation is 1. The van der Waals surface area contributed by atoms with E-state index in [4.69, 9.17) is 14.5 Å². The molecular weight excluding hydrogens is 416 g/mol. The lowest BCUT2D eigenvalue weighted by atomic mass is 10.1. The van der Waals surface area contributed by atoms with E-state index in [0.717, 1.165) is 33.7 Å². The summed E-state index contributed by atoms with van der Waals surface area (Å²) in [5.41, 5.74) is 3.96. The molecule has 1 amide bonds. The Kier molecular flexibility index (Phi) is 5.69. The fraction of sp³-hybridized carbons (Fsp3) is 0.269. The Balaban J connectivity index is 1.56. The monoisotopic (exact) mass is 442 g/mol. The molecule has 0 bridgehead atoms. The maximum Gasteiger partial charge on any atom is 0.255 e. The lowest BCUT2D eigenvalue weighted by molar-refractivity contribution is 0.0751. The van der Waals surface area contributed by atoms with Crippen LogP contribution in [0.5, 0.6) is 11.5 Å². The topological polar surface area (TPSA) is 69.5 Å². The summed E-state index contributed by atoms with van der Waals surface area (Å²) in [6, 6.07) is 17.6. The first kappa shape index (κ1) is 21.0. The van der Waals surface area contributed by atoms with Crippen LogP contribution in [0.2, 0.25) is 0 Å². The van der Waals surface area contributed by atoms with Crippen LogP contribution >= 0.6 is 0 Å². The molecule has 0 atom stereocenters. The van der Waals surface area contributed by atoms with Crippen LogP contribution in [0.3, 0.4) is 0 Å². The number of aromatic nitrogens is 3. The zero-order valence-electron chi connectivity index (χ0n) is 18.8. The van der Waals surface area contributed by atoms with Gasteiger partial charge in [-0.1, -0.05) is 42.5 Å². The first-order valence-corrected chi connectivity index (χ1v) is 11.3. The lowest BCUT2D eigenvalue weighted by Crippen LogP contribution is -2.31. The Morgan fingerprint density at radius 3 is 2.67 bits per heavy atom. The molecule has 7 heteroatoms. The normalized spacial score (nSPS) is 12.7. The Morgan fingerprint density at radius 2 is 1.88 bits per heavy atom. The molecule has 5 rings (SSSR count). The summed E-state index contributed by atoms with van der Waals surface area (Å²) >= 11 is 0. The lowest BCUT2D eigenvalue weighted by Gasteiger charge is -2.25. The van der Waals surface area contributed by atoms with E-state index in [1.54, 1.807) is 6.20 Å². The first-order chi connectivity index (χ1) is 16.2. The number of pyridine rings is 1. The van der Waals surface area contributed by atoms with Crippen LogP contribution in [0.1, 0.15) is 29.8 Å². The highest BCUT2D eigenvalue weighted by molar-refractivity contribution is 6.06. The third-order valence-electron chi connectivity index (χ3n) is 5.89. The zero-order valence-corrected chi connectivity index (χ0v) is 18.8. The van der Waals surface area contributed by atoms with Crippen molar-refractivity contribution in [3.63, 3.8) is 0 Å². The maximum absolute atomic E-state index is 13.8. The van der Waals surface area contributed by atoms with Crippen molar-refractivity contribution in [2.75, 3.05) is 19.8 Å². The molecule has 0 saturated carbocycles. The number of nitrogens with zero attached hydrogens (tertiary/aromatic N) is 4. The van der Waals surface area contributed by atoms with Gasteiger partial charge < -0.3 is 14.4 Å². The van der Waals surface area contributed by atoms with E-state index < -0.39 is 0 Å². The van der Waals surface area contributed by atoms with Gasteiger partial charge in [0.25, 0.3) is 5.91 Å². The number of fused-ring (bicyclic) bond motifs is 2. The minimum Gasteiger partial charge on any atom is -0.486 e. The van der Waals surface area contributed by atoms with Gasteiger partial charge in [-0.25, -0.2) is 9.67 Å². The van der Waals surface area contributed by atoms with Crippen LogP contribution in [0.15, 0.2) is 60.8 Å². The van der Waals surface area contributed by atoms with Crippen molar-refractivity contribution < 1.29 is 14.3 Å². The van der Waals surface area contributed by atoms with Crippen molar-refractivity contribution in [1.82, 2.24) is 19.7 Å². The minimum absolute atomic E-state index is 0.0629. The molecular formula is C26H26N4O3. The summed E-state index contributed by atoms with van der Waals surface area (Å²) in [4.78, 5) is 20.5. The van der Waals surface area contributed by atoms with E-state index in [-0.39, 0.29) is 5.91 Å². The standard InChI is InChI=1S/C26H26N4O3/c1-3-29(17-19-11-8-12-23-24(19)33-14-13-32-23)26(31)20-15-22(18-9-6-5-7-10-18)28-25-21(20)16-27-30(25)4-2/h5-12,15-16H,3-4,13-14,17H2,1-2H3. The minimum atomic E-state index is -0.0629. The van der Waals surface area contributed by atoms with Crippen LogP contribution in [0, 0.1) is 0 Å². The number of para-hydroxylation sites is 1. The average Bonchev–Trinajstić information content (AvgIpc) is 3.30. The summed E-state index contributed by atoms with van der Waals surface area (Å²) < 4.78 is 13.4. The predicted octanol–water partition coefficient (Wildman–Crippen LogP) is 4.55. The molecule has 33 heavy (non-hydrogen) atoms. The fourth-order valence-corrected chi connectivity index (χ4v) is 4.17. The van der Waals surface area contributed by atoms with Gasteiger partial charge in [0.15, 0.2) is 17.1 Å². The van der Waals surface area contributed by atoms with E-state index in [1.165, 1.54) is 0 Å². The second-order valence-electron chi connectivity index (χ2n) is 7.88. The fourth-order valence-electron chi connectivity index (χ4n) is 4.17. The summed E-state index contributed by atoms with van der Waals surface area (Å²) in [5, 5.41) is 5.22. The quantitative estimate of drug-likeness (QED) is 0.438. The molecule has 1 aliphatic rings. The first-order valence-electron chi connectivity index (χ1n) is 11.3. The molecule has 168 valence electrons. The number of benzene rings is 2. The van der Waals surface area contributed by atoms with Crippen molar-refractivity contribution in [2.24, 2.45) is 0 Å². The second kappa shape index (κ2) is 8.94. The van der Waals surface area contributed by atoms with Gasteiger partial charge >= 0.3 is 0 Å². The number of hydrogen-bond donors (Lipinski definition) is 0. The molecule has 0 saturated heterocycles. The van der Waals surface area contributed by atoms with E-state index in [9.17, 15) is 4.79 Å². The molecule has 4 aromatic rings. The van der Waals surface area contributed by atoms with Crippen LogP contribution in [-0.2, 0) is 13.1 Å². The Bertz CT molecular complexity index is 1300.